The maximum Gasteiger partial charge on any atom is 0.276 e. The van der Waals surface area contributed by atoms with E-state index in [4.69, 9.17) is 26.4 Å². The molecule has 0 aliphatic carbocycles. The molecule has 0 heterocycles. The molecular weight excluding hydrogens is 534 g/mol. The average molecular weight is 558 g/mol. The van der Waals surface area contributed by atoms with E-state index >= 15 is 0 Å². The summed E-state index contributed by atoms with van der Waals surface area (Å²) in [5.41, 5.74) is 6.12. The number of thiocarbonyl (C=S) groups is 1. The molecule has 35 heavy (non-hydrogen) atoms. The van der Waals surface area contributed by atoms with E-state index in [-0.39, 0.29) is 11.7 Å². The smallest absolute Gasteiger partial charge is 0.276 e. The summed E-state index contributed by atoms with van der Waals surface area (Å²) in [5.74, 6) is 1.08. The maximum absolute atomic E-state index is 12.4. The lowest BCUT2D eigenvalue weighted by Crippen LogP contribution is -2.49. The number of aryl methyl sites for hydroxylation is 1. The van der Waals surface area contributed by atoms with Crippen molar-refractivity contribution in [2.24, 2.45) is 0 Å². The van der Waals surface area contributed by atoms with Crippen LogP contribution in [0.2, 0.25) is 0 Å². The first-order valence-corrected chi connectivity index (χ1v) is 11.8. The molecule has 3 rings (SSSR count). The molecule has 0 radical (unpaired) electrons. The van der Waals surface area contributed by atoms with Crippen molar-refractivity contribution in [1.82, 2.24) is 16.2 Å². The minimum Gasteiger partial charge on any atom is -0.490 e. The van der Waals surface area contributed by atoms with E-state index in [0.29, 0.717) is 30.3 Å². The number of amides is 2. The van der Waals surface area contributed by atoms with Crippen LogP contribution in [-0.2, 0) is 4.79 Å². The van der Waals surface area contributed by atoms with E-state index in [1.807, 2.05) is 49.4 Å². The van der Waals surface area contributed by atoms with Crippen LogP contribution in [0, 0.1) is 6.92 Å². The van der Waals surface area contributed by atoms with Crippen LogP contribution in [0.25, 0.3) is 0 Å². The fraction of sp³-hybridized carbons (Fsp3) is 0.160. The van der Waals surface area contributed by atoms with Gasteiger partial charge in [0, 0.05) is 10.0 Å². The van der Waals surface area contributed by atoms with E-state index in [1.165, 1.54) is 0 Å². The number of carbonyl (C=O) groups excluding carboxylic acids is 2. The van der Waals surface area contributed by atoms with Gasteiger partial charge in [0.1, 0.15) is 30.5 Å². The molecule has 182 valence electrons. The molecule has 0 aliphatic heterocycles. The highest BCUT2D eigenvalue weighted by Gasteiger charge is 2.10. The van der Waals surface area contributed by atoms with Gasteiger partial charge >= 0.3 is 0 Å². The molecule has 10 heteroatoms. The van der Waals surface area contributed by atoms with E-state index in [2.05, 4.69) is 32.1 Å². The molecule has 0 fully saturated rings. The minimum absolute atomic E-state index is 0.0541. The zero-order valence-electron chi connectivity index (χ0n) is 18.9. The van der Waals surface area contributed by atoms with Crippen molar-refractivity contribution in [1.29, 1.82) is 0 Å². The zero-order chi connectivity index (χ0) is 25.0. The Morgan fingerprint density at radius 2 is 1.51 bits per heavy atom. The maximum atomic E-state index is 12.4. The van der Waals surface area contributed by atoms with Gasteiger partial charge in [-0.3, -0.25) is 25.8 Å². The highest BCUT2D eigenvalue weighted by atomic mass is 79.9. The molecular formula is C25H24BrN3O5S. The van der Waals surface area contributed by atoms with Crippen molar-refractivity contribution < 1.29 is 23.8 Å². The van der Waals surface area contributed by atoms with Crippen LogP contribution >= 0.6 is 28.1 Å². The molecule has 0 bridgehead atoms. The van der Waals surface area contributed by atoms with Gasteiger partial charge in [0.05, 0.1) is 0 Å². The van der Waals surface area contributed by atoms with E-state index in [9.17, 15) is 9.59 Å². The largest absolute Gasteiger partial charge is 0.490 e. The number of carbonyl (C=O) groups is 2. The Morgan fingerprint density at radius 3 is 2.17 bits per heavy atom. The van der Waals surface area contributed by atoms with E-state index < -0.39 is 11.8 Å². The van der Waals surface area contributed by atoms with Crippen LogP contribution < -0.4 is 30.4 Å². The Bertz CT molecular complexity index is 1160. The van der Waals surface area contributed by atoms with Crippen molar-refractivity contribution >= 4 is 45.1 Å². The van der Waals surface area contributed by atoms with Gasteiger partial charge in [0.2, 0.25) is 0 Å². The van der Waals surface area contributed by atoms with E-state index in [0.717, 1.165) is 15.8 Å². The number of para-hydroxylation sites is 1. The van der Waals surface area contributed by atoms with Gasteiger partial charge < -0.3 is 14.2 Å². The highest BCUT2D eigenvalue weighted by molar-refractivity contribution is 9.10. The molecule has 3 aromatic carbocycles. The number of nitrogens with one attached hydrogen (secondary N) is 3. The summed E-state index contributed by atoms with van der Waals surface area (Å²) in [6.45, 7) is 2.41. The lowest BCUT2D eigenvalue weighted by Gasteiger charge is -2.12. The molecule has 0 unspecified atom stereocenters. The fourth-order valence-electron chi connectivity index (χ4n) is 2.83. The van der Waals surface area contributed by atoms with Gasteiger partial charge in [-0.25, -0.2) is 0 Å². The molecule has 0 saturated heterocycles. The molecule has 0 spiro atoms. The molecule has 0 saturated carbocycles. The lowest BCUT2D eigenvalue weighted by atomic mass is 10.2. The third-order valence-corrected chi connectivity index (χ3v) is 5.22. The zero-order valence-corrected chi connectivity index (χ0v) is 21.3. The monoisotopic (exact) mass is 557 g/mol. The Morgan fingerprint density at radius 1 is 0.857 bits per heavy atom. The second kappa shape index (κ2) is 13.3. The molecule has 8 nitrogen and oxygen atoms in total. The first-order chi connectivity index (χ1) is 16.9. The predicted molar refractivity (Wildman–Crippen MR) is 140 cm³/mol. The second-order valence-electron chi connectivity index (χ2n) is 7.19. The number of ether oxygens (including phenoxy) is 3. The third-order valence-electron chi connectivity index (χ3n) is 4.52. The van der Waals surface area contributed by atoms with Gasteiger partial charge in [-0.15, -0.1) is 0 Å². The quantitative estimate of drug-likeness (QED) is 0.208. The number of halogens is 1. The van der Waals surface area contributed by atoms with E-state index in [1.54, 1.807) is 30.3 Å². The van der Waals surface area contributed by atoms with Crippen molar-refractivity contribution in [2.75, 3.05) is 19.8 Å². The number of benzene rings is 3. The number of rotatable bonds is 9. The normalized spacial score (nSPS) is 10.1. The number of hydrazine groups is 1. The Hall–Kier alpha value is -3.63. The third kappa shape index (κ3) is 8.91. The summed E-state index contributed by atoms with van der Waals surface area (Å²) in [4.78, 5) is 24.3. The van der Waals surface area contributed by atoms with Gasteiger partial charge in [-0.1, -0.05) is 34.1 Å². The SMILES string of the molecule is Cc1cc(Br)ccc1OCC(=O)NNC(=S)NC(=O)c1ccc(OCCOc2ccccc2)cc1. The molecule has 3 aromatic rings. The average Bonchev–Trinajstić information content (AvgIpc) is 2.86. The fourth-order valence-corrected chi connectivity index (χ4v) is 3.44. The molecule has 2 amide bonds. The summed E-state index contributed by atoms with van der Waals surface area (Å²) in [6.07, 6.45) is 0. The second-order valence-corrected chi connectivity index (χ2v) is 8.51. The van der Waals surface area contributed by atoms with Crippen LogP contribution in [0.5, 0.6) is 17.2 Å². The minimum atomic E-state index is -0.457. The Balaban J connectivity index is 1.34. The van der Waals surface area contributed by atoms with Crippen LogP contribution in [0.4, 0.5) is 0 Å². The molecule has 0 atom stereocenters. The Labute approximate surface area is 217 Å². The summed E-state index contributed by atoms with van der Waals surface area (Å²) < 4.78 is 17.6. The van der Waals surface area contributed by atoms with Gasteiger partial charge in [0.25, 0.3) is 11.8 Å². The van der Waals surface area contributed by atoms with Crippen molar-refractivity contribution in [3.05, 3.63) is 88.4 Å². The molecule has 0 aliphatic rings. The molecule has 3 N–H and O–H groups in total. The first-order valence-electron chi connectivity index (χ1n) is 10.6. The summed E-state index contributed by atoms with van der Waals surface area (Å²) in [6, 6.07) is 21.5. The van der Waals surface area contributed by atoms with Crippen LogP contribution in [0.1, 0.15) is 15.9 Å². The van der Waals surface area contributed by atoms with Crippen LogP contribution in [-0.4, -0.2) is 36.7 Å². The van der Waals surface area contributed by atoms with Crippen molar-refractivity contribution in [2.45, 2.75) is 6.92 Å². The number of hydrogen-bond donors (Lipinski definition) is 3. The van der Waals surface area contributed by atoms with Crippen LogP contribution in [0.15, 0.2) is 77.3 Å². The van der Waals surface area contributed by atoms with Gasteiger partial charge in [-0.2, -0.15) is 0 Å². The standard InChI is InChI=1S/C25H24BrN3O5S/c1-17-15-19(26)9-12-22(17)34-16-23(30)28-29-25(35)27-24(31)18-7-10-21(11-8-18)33-14-13-32-20-5-3-2-4-6-20/h2-12,15H,13-14,16H2,1H3,(H,28,30)(H2,27,29,31,35). The summed E-state index contributed by atoms with van der Waals surface area (Å²) in [7, 11) is 0. The summed E-state index contributed by atoms with van der Waals surface area (Å²) in [5, 5.41) is 2.44. The van der Waals surface area contributed by atoms with Crippen LogP contribution in [0.3, 0.4) is 0 Å². The predicted octanol–water partition coefficient (Wildman–Crippen LogP) is 3.93. The van der Waals surface area contributed by atoms with Crippen molar-refractivity contribution in [3.63, 3.8) is 0 Å². The Kier molecular flexibility index (Phi) is 9.88. The summed E-state index contributed by atoms with van der Waals surface area (Å²) >= 11 is 8.43. The topological polar surface area (TPSA) is 97.9 Å². The first kappa shape index (κ1) is 26.0. The highest BCUT2D eigenvalue weighted by Crippen LogP contribution is 2.22. The molecule has 0 aromatic heterocycles. The van der Waals surface area contributed by atoms with Gasteiger partial charge in [0.15, 0.2) is 11.7 Å². The lowest BCUT2D eigenvalue weighted by molar-refractivity contribution is -0.123. The number of hydrogen-bond acceptors (Lipinski definition) is 6. The van der Waals surface area contributed by atoms with Crippen molar-refractivity contribution in [3.8, 4) is 17.2 Å². The van der Waals surface area contributed by atoms with Gasteiger partial charge in [-0.05, 0) is 79.3 Å².